The maximum atomic E-state index is 13.4. The molecule has 6 nitrogen and oxygen atoms in total. The lowest BCUT2D eigenvalue weighted by molar-refractivity contribution is -0.136. The highest BCUT2D eigenvalue weighted by Gasteiger charge is 2.32. The summed E-state index contributed by atoms with van der Waals surface area (Å²) in [6, 6.07) is 14.4. The van der Waals surface area contributed by atoms with Gasteiger partial charge in [0.25, 0.3) is 5.56 Å². The van der Waals surface area contributed by atoms with Gasteiger partial charge in [0.05, 0.1) is 36.1 Å². The number of halogens is 1. The Kier molecular flexibility index (Phi) is 5.93. The average Bonchev–Trinajstić information content (AvgIpc) is 3.08. The van der Waals surface area contributed by atoms with Crippen LogP contribution >= 0.6 is 27.3 Å². The number of allylic oxidation sites excluding steroid dienone is 1. The molecule has 31 heavy (non-hydrogen) atoms. The first-order valence-electron chi connectivity index (χ1n) is 9.43. The van der Waals surface area contributed by atoms with Crippen LogP contribution in [0.5, 0.6) is 5.75 Å². The second kappa shape index (κ2) is 8.64. The van der Waals surface area contributed by atoms with Crippen molar-refractivity contribution < 1.29 is 14.3 Å². The molecule has 0 radical (unpaired) electrons. The van der Waals surface area contributed by atoms with Crippen LogP contribution in [0.15, 0.2) is 74.1 Å². The maximum absolute atomic E-state index is 13.4. The van der Waals surface area contributed by atoms with Gasteiger partial charge in [-0.1, -0.05) is 51.5 Å². The van der Waals surface area contributed by atoms with Gasteiger partial charge < -0.3 is 9.47 Å². The molecule has 0 fully saturated rings. The van der Waals surface area contributed by atoms with Gasteiger partial charge >= 0.3 is 5.97 Å². The predicted molar refractivity (Wildman–Crippen MR) is 123 cm³/mol. The lowest BCUT2D eigenvalue weighted by Gasteiger charge is -2.24. The summed E-state index contributed by atoms with van der Waals surface area (Å²) in [4.78, 5) is 31.1. The molecule has 0 aliphatic carbocycles. The number of fused-ring (bicyclic) bond motifs is 1. The number of esters is 1. The number of carbonyl (C=O) groups excluding carboxylic acids is 1. The summed E-state index contributed by atoms with van der Waals surface area (Å²) >= 11 is 4.73. The smallest absolute Gasteiger partial charge is 0.338 e. The molecule has 0 amide bonds. The van der Waals surface area contributed by atoms with Gasteiger partial charge in [-0.3, -0.25) is 9.36 Å². The molecule has 0 spiro atoms. The normalized spacial score (nSPS) is 16.0. The molecule has 0 saturated heterocycles. The SMILES string of the molecule is COC(=O)C1=C(C)N=c2s/c(=C/c3ccc(OC)cc3)c(=O)n2C1c1ccc(Br)cc1. The summed E-state index contributed by atoms with van der Waals surface area (Å²) in [6.07, 6.45) is 1.82. The molecule has 1 aliphatic heterocycles. The van der Waals surface area contributed by atoms with E-state index in [1.807, 2.05) is 54.6 Å². The van der Waals surface area contributed by atoms with Crippen molar-refractivity contribution in [2.45, 2.75) is 13.0 Å². The standard InChI is InChI=1S/C23H19BrN2O4S/c1-13-19(22(28)30-3)20(15-6-8-16(24)9-7-15)26-21(27)18(31-23(26)25-13)12-14-4-10-17(29-2)11-5-14/h4-12,20H,1-3H3/b18-12+. The minimum Gasteiger partial charge on any atom is -0.497 e. The molecule has 1 aliphatic rings. The monoisotopic (exact) mass is 498 g/mol. The van der Waals surface area contributed by atoms with Crippen LogP contribution in [0.3, 0.4) is 0 Å². The van der Waals surface area contributed by atoms with Crippen LogP contribution < -0.4 is 19.6 Å². The summed E-state index contributed by atoms with van der Waals surface area (Å²) in [6.45, 7) is 1.76. The summed E-state index contributed by atoms with van der Waals surface area (Å²) in [7, 11) is 2.94. The van der Waals surface area contributed by atoms with E-state index in [1.54, 1.807) is 18.6 Å². The third kappa shape index (κ3) is 4.00. The summed E-state index contributed by atoms with van der Waals surface area (Å²) < 4.78 is 13.2. The van der Waals surface area contributed by atoms with Gasteiger partial charge in [0.2, 0.25) is 0 Å². The third-order valence-electron chi connectivity index (χ3n) is 5.03. The van der Waals surface area contributed by atoms with Crippen molar-refractivity contribution >= 4 is 39.3 Å². The van der Waals surface area contributed by atoms with Crippen molar-refractivity contribution in [3.63, 3.8) is 0 Å². The van der Waals surface area contributed by atoms with Gasteiger partial charge in [0, 0.05) is 4.47 Å². The topological polar surface area (TPSA) is 69.9 Å². The van der Waals surface area contributed by atoms with Gasteiger partial charge in [-0.25, -0.2) is 9.79 Å². The van der Waals surface area contributed by atoms with Crippen LogP contribution in [0.4, 0.5) is 0 Å². The van der Waals surface area contributed by atoms with Gasteiger partial charge in [-0.05, 0) is 48.4 Å². The van der Waals surface area contributed by atoms with Gasteiger partial charge in [0.15, 0.2) is 4.80 Å². The van der Waals surface area contributed by atoms with Crippen molar-refractivity contribution in [3.05, 3.63) is 95.1 Å². The number of benzene rings is 2. The Bertz CT molecular complexity index is 1350. The highest BCUT2D eigenvalue weighted by molar-refractivity contribution is 9.10. The third-order valence-corrected chi connectivity index (χ3v) is 6.54. The Morgan fingerprint density at radius 3 is 2.42 bits per heavy atom. The Labute approximate surface area is 190 Å². The molecule has 3 aromatic rings. The average molecular weight is 499 g/mol. The molecule has 1 atom stereocenters. The largest absolute Gasteiger partial charge is 0.497 e. The van der Waals surface area contributed by atoms with Gasteiger partial charge in [-0.2, -0.15) is 0 Å². The lowest BCUT2D eigenvalue weighted by atomic mass is 9.96. The molecule has 4 rings (SSSR count). The lowest BCUT2D eigenvalue weighted by Crippen LogP contribution is -2.39. The number of methoxy groups -OCH3 is 2. The first kappa shape index (κ1) is 21.3. The van der Waals surface area contributed by atoms with Crippen molar-refractivity contribution in [2.75, 3.05) is 14.2 Å². The quantitative estimate of drug-likeness (QED) is 0.518. The molecule has 0 N–H and O–H groups in total. The summed E-state index contributed by atoms with van der Waals surface area (Å²) in [5.74, 6) is 0.241. The summed E-state index contributed by atoms with van der Waals surface area (Å²) in [5.41, 5.74) is 2.36. The van der Waals surface area contributed by atoms with Crippen LogP contribution in [-0.2, 0) is 9.53 Å². The summed E-state index contributed by atoms with van der Waals surface area (Å²) in [5, 5.41) is 0. The van der Waals surface area contributed by atoms with E-state index in [9.17, 15) is 9.59 Å². The van der Waals surface area contributed by atoms with E-state index in [0.29, 0.717) is 20.6 Å². The highest BCUT2D eigenvalue weighted by atomic mass is 79.9. The number of ether oxygens (including phenoxy) is 2. The van der Waals surface area contributed by atoms with E-state index in [4.69, 9.17) is 9.47 Å². The second-order valence-electron chi connectivity index (χ2n) is 6.90. The van der Waals surface area contributed by atoms with E-state index in [0.717, 1.165) is 21.3 Å². The highest BCUT2D eigenvalue weighted by Crippen LogP contribution is 2.31. The van der Waals surface area contributed by atoms with E-state index < -0.39 is 12.0 Å². The van der Waals surface area contributed by atoms with Crippen LogP contribution in [-0.4, -0.2) is 24.8 Å². The molecule has 1 unspecified atom stereocenters. The number of rotatable bonds is 4. The predicted octanol–water partition coefficient (Wildman–Crippen LogP) is 3.18. The first-order chi connectivity index (χ1) is 14.9. The molecule has 2 heterocycles. The number of carbonyl (C=O) groups is 1. The maximum Gasteiger partial charge on any atom is 0.338 e. The van der Waals surface area contributed by atoms with E-state index in [1.165, 1.54) is 18.4 Å². The van der Waals surface area contributed by atoms with Crippen LogP contribution in [0.25, 0.3) is 6.08 Å². The van der Waals surface area contributed by atoms with Gasteiger partial charge in [-0.15, -0.1) is 0 Å². The second-order valence-corrected chi connectivity index (χ2v) is 8.82. The molecule has 0 bridgehead atoms. The minimum atomic E-state index is -0.616. The van der Waals surface area contributed by atoms with Crippen molar-refractivity contribution in [3.8, 4) is 5.75 Å². The van der Waals surface area contributed by atoms with E-state index in [-0.39, 0.29) is 5.56 Å². The Balaban J connectivity index is 1.93. The zero-order valence-corrected chi connectivity index (χ0v) is 19.5. The Morgan fingerprint density at radius 2 is 1.81 bits per heavy atom. The van der Waals surface area contributed by atoms with E-state index in [2.05, 4.69) is 20.9 Å². The fourth-order valence-electron chi connectivity index (χ4n) is 3.50. The molecule has 2 aromatic carbocycles. The molecular formula is C23H19BrN2O4S. The van der Waals surface area contributed by atoms with Crippen molar-refractivity contribution in [1.29, 1.82) is 0 Å². The van der Waals surface area contributed by atoms with Crippen LogP contribution in [0.1, 0.15) is 24.1 Å². The minimum absolute atomic E-state index is 0.207. The molecule has 8 heteroatoms. The Morgan fingerprint density at radius 1 is 1.13 bits per heavy atom. The van der Waals surface area contributed by atoms with Crippen LogP contribution in [0.2, 0.25) is 0 Å². The van der Waals surface area contributed by atoms with Crippen molar-refractivity contribution in [2.24, 2.45) is 4.99 Å². The zero-order valence-electron chi connectivity index (χ0n) is 17.1. The van der Waals surface area contributed by atoms with Crippen LogP contribution in [0, 0.1) is 0 Å². The molecule has 158 valence electrons. The number of nitrogens with zero attached hydrogens (tertiary/aromatic N) is 2. The fourth-order valence-corrected chi connectivity index (χ4v) is 4.82. The first-order valence-corrected chi connectivity index (χ1v) is 11.0. The number of aromatic nitrogens is 1. The number of hydrogen-bond donors (Lipinski definition) is 0. The zero-order chi connectivity index (χ0) is 22.1. The fraction of sp³-hybridized carbons (Fsp3) is 0.174. The molecule has 1 aromatic heterocycles. The van der Waals surface area contributed by atoms with Gasteiger partial charge in [0.1, 0.15) is 5.75 Å². The number of thiazole rings is 1. The van der Waals surface area contributed by atoms with E-state index >= 15 is 0 Å². The van der Waals surface area contributed by atoms with Crippen molar-refractivity contribution in [1.82, 2.24) is 4.57 Å². The Hall–Kier alpha value is -2.97. The molecular weight excluding hydrogens is 480 g/mol. The molecule has 0 saturated carbocycles. The number of hydrogen-bond acceptors (Lipinski definition) is 6.